The first-order valence-corrected chi connectivity index (χ1v) is 4.57. The molecule has 0 bridgehead atoms. The molecule has 0 aromatic rings. The maximum absolute atomic E-state index is 10.4. The van der Waals surface area contributed by atoms with Crippen LogP contribution < -0.4 is 0 Å². The highest BCUT2D eigenvalue weighted by Crippen LogP contribution is 1.90. The molecule has 0 aliphatic heterocycles. The van der Waals surface area contributed by atoms with Gasteiger partial charge in [0.15, 0.2) is 0 Å². The van der Waals surface area contributed by atoms with Crippen molar-refractivity contribution in [1.82, 2.24) is 0 Å². The van der Waals surface area contributed by atoms with E-state index in [0.29, 0.717) is 0 Å². The zero-order valence-corrected chi connectivity index (χ0v) is 5.55. The molecule has 0 saturated carbocycles. The molecule has 0 atom stereocenters. The van der Waals surface area contributed by atoms with Gasteiger partial charge in [0.1, 0.15) is 0 Å². The predicted octanol–water partition coefficient (Wildman–Crippen LogP) is 1.29. The smallest absolute Gasteiger partial charge is 0.302 e. The van der Waals surface area contributed by atoms with Gasteiger partial charge in [-0.3, -0.25) is 0 Å². The van der Waals surface area contributed by atoms with Crippen LogP contribution in [0, 0.1) is 0 Å². The van der Waals surface area contributed by atoms with Crippen LogP contribution in [-0.4, -0.2) is 9.04 Å². The summed E-state index contributed by atoms with van der Waals surface area (Å²) in [5.41, 5.74) is 0. The summed E-state index contributed by atoms with van der Waals surface area (Å²) in [6, 6.07) is 1.83. The molecule has 0 heterocycles. The van der Waals surface area contributed by atoms with Gasteiger partial charge in [-0.05, 0) is 12.1 Å². The maximum Gasteiger partial charge on any atom is 1.00 e. The predicted molar refractivity (Wildman–Crippen MR) is 29.9 cm³/mol. The molecule has 0 spiro atoms. The Labute approximate surface area is 42.2 Å². The van der Waals surface area contributed by atoms with E-state index in [1.807, 2.05) is 13.8 Å². The van der Waals surface area contributed by atoms with Crippen molar-refractivity contribution in [2.24, 2.45) is 0 Å². The van der Waals surface area contributed by atoms with Crippen molar-refractivity contribution in [3.63, 3.8) is 0 Å². The van der Waals surface area contributed by atoms with E-state index in [9.17, 15) is 4.80 Å². The highest BCUT2D eigenvalue weighted by molar-refractivity contribution is 6.49. The molecule has 37 valence electrons. The molecule has 1 radical (unpaired) electrons. The lowest BCUT2D eigenvalue weighted by Crippen LogP contribution is -2.03. The van der Waals surface area contributed by atoms with E-state index in [1.54, 1.807) is 0 Å². The van der Waals surface area contributed by atoms with E-state index in [0.717, 1.165) is 12.1 Å². The highest BCUT2D eigenvalue weighted by Gasteiger charge is 1.98. The van der Waals surface area contributed by atoms with Gasteiger partial charge in [-0.25, -0.2) is 0 Å². The van der Waals surface area contributed by atoms with Crippen molar-refractivity contribution in [2.45, 2.75) is 25.9 Å². The average molecular weight is 104 g/mol. The summed E-state index contributed by atoms with van der Waals surface area (Å²) in [4.78, 5) is 10.4. The van der Waals surface area contributed by atoms with Crippen LogP contribution >= 0.6 is 0 Å². The van der Waals surface area contributed by atoms with Crippen molar-refractivity contribution in [3.8, 4) is 0 Å². The third-order valence-corrected chi connectivity index (χ3v) is 2.73. The van der Waals surface area contributed by atoms with E-state index in [-0.39, 0.29) is 1.43 Å². The molecule has 0 unspecified atom stereocenters. The SMILES string of the molecule is CC[SiH]([O])CC.[H+]. The molecule has 0 fully saturated rings. The first-order valence-electron chi connectivity index (χ1n) is 2.47. The van der Waals surface area contributed by atoms with Gasteiger partial charge < -0.3 is 4.80 Å². The van der Waals surface area contributed by atoms with Gasteiger partial charge in [0.2, 0.25) is 9.04 Å². The summed E-state index contributed by atoms with van der Waals surface area (Å²) in [5.74, 6) is 0. The number of hydrogen-bond donors (Lipinski definition) is 0. The third-order valence-electron chi connectivity index (χ3n) is 0.911. The fraction of sp³-hybridized carbons (Fsp3) is 1.00. The molecule has 0 aromatic heterocycles. The largest absolute Gasteiger partial charge is 1.00 e. The first-order chi connectivity index (χ1) is 2.81. The van der Waals surface area contributed by atoms with Crippen LogP contribution in [0.2, 0.25) is 12.1 Å². The molecular formula is C4H12OSi+. The normalized spacial score (nSPS) is 10.0. The Morgan fingerprint density at radius 3 is 1.83 bits per heavy atom. The Bertz CT molecular complexity index is 30.9. The quantitative estimate of drug-likeness (QED) is 0.470. The lowest BCUT2D eigenvalue weighted by Gasteiger charge is -1.91. The average Bonchev–Trinajstić information content (AvgIpc) is 1.65. The lowest BCUT2D eigenvalue weighted by molar-refractivity contribution is 0.447. The number of hydrogen-bond acceptors (Lipinski definition) is 0. The molecular weight excluding hydrogens is 92.1 g/mol. The molecule has 1 nitrogen and oxygen atoms in total. The second kappa shape index (κ2) is 3.37. The first kappa shape index (κ1) is 6.18. The van der Waals surface area contributed by atoms with E-state index in [2.05, 4.69) is 0 Å². The molecule has 0 aliphatic carbocycles. The molecule has 0 N–H and O–H groups in total. The minimum Gasteiger partial charge on any atom is -0.302 e. The van der Waals surface area contributed by atoms with Gasteiger partial charge >= 0.3 is 1.43 Å². The van der Waals surface area contributed by atoms with E-state index >= 15 is 0 Å². The Hall–Kier alpha value is 0.177. The Morgan fingerprint density at radius 2 is 1.83 bits per heavy atom. The van der Waals surface area contributed by atoms with Crippen LogP contribution in [0.3, 0.4) is 0 Å². The van der Waals surface area contributed by atoms with Crippen molar-refractivity contribution in [2.75, 3.05) is 0 Å². The minimum absolute atomic E-state index is 0. The molecule has 6 heavy (non-hydrogen) atoms. The fourth-order valence-electron chi connectivity index (χ4n) is 0.289. The third kappa shape index (κ3) is 2.42. The molecule has 2 heteroatoms. The van der Waals surface area contributed by atoms with Crippen LogP contribution in [0.1, 0.15) is 15.3 Å². The van der Waals surface area contributed by atoms with Gasteiger partial charge in [0, 0.05) is 0 Å². The monoisotopic (exact) mass is 104 g/mol. The summed E-state index contributed by atoms with van der Waals surface area (Å²) < 4.78 is 0. The van der Waals surface area contributed by atoms with Crippen LogP contribution in [0.5, 0.6) is 0 Å². The summed E-state index contributed by atoms with van der Waals surface area (Å²) in [5, 5.41) is 0. The van der Waals surface area contributed by atoms with Crippen molar-refractivity contribution < 1.29 is 6.22 Å². The second-order valence-electron chi connectivity index (χ2n) is 1.44. The topological polar surface area (TPSA) is 19.9 Å². The lowest BCUT2D eigenvalue weighted by atomic mass is 11.0. The van der Waals surface area contributed by atoms with Crippen molar-refractivity contribution in [1.29, 1.82) is 0 Å². The molecule has 0 amide bonds. The van der Waals surface area contributed by atoms with E-state index in [1.165, 1.54) is 0 Å². The Morgan fingerprint density at radius 1 is 1.50 bits per heavy atom. The van der Waals surface area contributed by atoms with Crippen molar-refractivity contribution >= 4 is 9.04 Å². The molecule has 0 aromatic carbocycles. The second-order valence-corrected chi connectivity index (χ2v) is 4.32. The Balaban J connectivity index is 0. The summed E-state index contributed by atoms with van der Waals surface area (Å²) in [6.45, 7) is 3.96. The van der Waals surface area contributed by atoms with Crippen LogP contribution in [0.25, 0.3) is 0 Å². The van der Waals surface area contributed by atoms with E-state index < -0.39 is 9.04 Å². The zero-order valence-electron chi connectivity index (χ0n) is 5.40. The molecule has 0 rings (SSSR count). The highest BCUT2D eigenvalue weighted by atomic mass is 28.3. The van der Waals surface area contributed by atoms with Crippen molar-refractivity contribution in [3.05, 3.63) is 0 Å². The van der Waals surface area contributed by atoms with Gasteiger partial charge in [0.05, 0.1) is 0 Å². The molecule has 0 saturated heterocycles. The minimum atomic E-state index is -1.41. The summed E-state index contributed by atoms with van der Waals surface area (Å²) in [6.07, 6.45) is 0. The zero-order chi connectivity index (χ0) is 4.99. The standard InChI is InChI=1S/C4H11OSi/c1-3-6(5)4-2/h6H,3-4H2,1-2H3/p+1. The van der Waals surface area contributed by atoms with Gasteiger partial charge in [0.25, 0.3) is 0 Å². The van der Waals surface area contributed by atoms with Crippen LogP contribution in [-0.2, 0) is 4.80 Å². The van der Waals surface area contributed by atoms with Gasteiger partial charge in [-0.2, -0.15) is 0 Å². The van der Waals surface area contributed by atoms with Crippen LogP contribution in [0.4, 0.5) is 0 Å². The maximum atomic E-state index is 10.4. The molecule has 0 aliphatic rings. The van der Waals surface area contributed by atoms with Gasteiger partial charge in [-0.1, -0.05) is 13.8 Å². The fourth-order valence-corrected chi connectivity index (χ4v) is 0.866. The number of rotatable bonds is 2. The summed E-state index contributed by atoms with van der Waals surface area (Å²) in [7, 11) is -1.41. The summed E-state index contributed by atoms with van der Waals surface area (Å²) >= 11 is 0. The Kier molecular flexibility index (Phi) is 3.47. The van der Waals surface area contributed by atoms with E-state index in [4.69, 9.17) is 0 Å². The van der Waals surface area contributed by atoms with Crippen LogP contribution in [0.15, 0.2) is 0 Å². The van der Waals surface area contributed by atoms with Gasteiger partial charge in [-0.15, -0.1) is 0 Å².